The molecule has 20 heavy (non-hydrogen) atoms. The number of para-hydroxylation sites is 1. The number of nitrogens with zero attached hydrogens (tertiary/aromatic N) is 1. The van der Waals surface area contributed by atoms with E-state index in [9.17, 15) is 4.79 Å². The number of aryl methyl sites for hydroxylation is 1. The number of anilines is 2. The smallest absolute Gasteiger partial charge is 0.262 e. The second-order valence-corrected chi connectivity index (χ2v) is 4.23. The lowest BCUT2D eigenvalue weighted by atomic mass is 10.1. The van der Waals surface area contributed by atoms with Gasteiger partial charge in [0.2, 0.25) is 0 Å². The van der Waals surface area contributed by atoms with Crippen LogP contribution in [0.15, 0.2) is 42.6 Å². The number of amides is 1. The third-order valence-electron chi connectivity index (χ3n) is 2.83. The van der Waals surface area contributed by atoms with E-state index >= 15 is 0 Å². The number of hydrogen-bond donors (Lipinski definition) is 2. The van der Waals surface area contributed by atoms with Gasteiger partial charge in [-0.25, -0.2) is 4.98 Å². The van der Waals surface area contributed by atoms with Crippen LogP contribution in [0.2, 0.25) is 0 Å². The molecule has 0 unspecified atom stereocenters. The molecule has 1 aromatic heterocycles. The molecular formula is C15H17N3O2. The van der Waals surface area contributed by atoms with Gasteiger partial charge in [0, 0.05) is 11.9 Å². The van der Waals surface area contributed by atoms with E-state index in [2.05, 4.69) is 10.3 Å². The molecular weight excluding hydrogens is 254 g/mol. The zero-order chi connectivity index (χ0) is 14.4. The van der Waals surface area contributed by atoms with E-state index in [1.54, 1.807) is 18.3 Å². The average Bonchev–Trinajstić information content (AvgIpc) is 2.47. The summed E-state index contributed by atoms with van der Waals surface area (Å²) in [6, 6.07) is 11.1. The number of carbonyl (C=O) groups excluding carboxylic acids is 1. The van der Waals surface area contributed by atoms with Gasteiger partial charge in [0.15, 0.2) is 18.2 Å². The molecule has 0 aliphatic carbocycles. The first-order chi connectivity index (χ1) is 9.70. The average molecular weight is 271 g/mol. The SMILES string of the molecule is CCc1ccccc1NC(=O)COc1cccnc1N. The van der Waals surface area contributed by atoms with Gasteiger partial charge in [0.25, 0.3) is 5.91 Å². The summed E-state index contributed by atoms with van der Waals surface area (Å²) in [5, 5.41) is 2.83. The van der Waals surface area contributed by atoms with E-state index in [-0.39, 0.29) is 18.3 Å². The second kappa shape index (κ2) is 6.56. The Morgan fingerprint density at radius 3 is 2.85 bits per heavy atom. The summed E-state index contributed by atoms with van der Waals surface area (Å²) in [6.45, 7) is 1.94. The predicted octanol–water partition coefficient (Wildman–Crippen LogP) is 2.24. The van der Waals surface area contributed by atoms with Crippen molar-refractivity contribution in [2.45, 2.75) is 13.3 Å². The quantitative estimate of drug-likeness (QED) is 0.874. The van der Waals surface area contributed by atoms with Gasteiger partial charge in [-0.3, -0.25) is 4.79 Å². The van der Waals surface area contributed by atoms with Crippen LogP contribution in [0.25, 0.3) is 0 Å². The van der Waals surface area contributed by atoms with Crippen LogP contribution in [0.4, 0.5) is 11.5 Å². The van der Waals surface area contributed by atoms with Gasteiger partial charge in [0.05, 0.1) is 0 Å². The molecule has 1 aromatic carbocycles. The minimum Gasteiger partial charge on any atom is -0.480 e. The van der Waals surface area contributed by atoms with Crippen LogP contribution in [0.5, 0.6) is 5.75 Å². The van der Waals surface area contributed by atoms with Crippen molar-refractivity contribution < 1.29 is 9.53 Å². The van der Waals surface area contributed by atoms with Gasteiger partial charge in [-0.2, -0.15) is 0 Å². The number of nitrogens with one attached hydrogen (secondary N) is 1. The van der Waals surface area contributed by atoms with Gasteiger partial charge in [-0.1, -0.05) is 25.1 Å². The molecule has 104 valence electrons. The van der Waals surface area contributed by atoms with Crippen LogP contribution in [0.3, 0.4) is 0 Å². The number of nitrogens with two attached hydrogens (primary N) is 1. The molecule has 1 amide bonds. The van der Waals surface area contributed by atoms with Crippen molar-refractivity contribution in [3.63, 3.8) is 0 Å². The highest BCUT2D eigenvalue weighted by atomic mass is 16.5. The molecule has 0 fully saturated rings. The summed E-state index contributed by atoms with van der Waals surface area (Å²) in [6.07, 6.45) is 2.42. The molecule has 0 radical (unpaired) electrons. The Labute approximate surface area is 117 Å². The molecule has 2 aromatic rings. The number of pyridine rings is 1. The Kier molecular flexibility index (Phi) is 4.55. The zero-order valence-corrected chi connectivity index (χ0v) is 11.3. The zero-order valence-electron chi connectivity index (χ0n) is 11.3. The molecule has 5 nitrogen and oxygen atoms in total. The van der Waals surface area contributed by atoms with Crippen LogP contribution >= 0.6 is 0 Å². The van der Waals surface area contributed by atoms with E-state index in [1.165, 1.54) is 0 Å². The first kappa shape index (κ1) is 13.9. The Hall–Kier alpha value is -2.56. The molecule has 0 bridgehead atoms. The third kappa shape index (κ3) is 3.47. The summed E-state index contributed by atoms with van der Waals surface area (Å²) in [5.74, 6) is 0.454. The minimum absolute atomic E-state index is 0.103. The molecule has 0 spiro atoms. The number of benzene rings is 1. The predicted molar refractivity (Wildman–Crippen MR) is 78.6 cm³/mol. The van der Waals surface area contributed by atoms with Crippen molar-refractivity contribution in [2.24, 2.45) is 0 Å². The number of ether oxygens (including phenoxy) is 1. The van der Waals surface area contributed by atoms with Crippen LogP contribution < -0.4 is 15.8 Å². The second-order valence-electron chi connectivity index (χ2n) is 4.23. The summed E-state index contributed by atoms with van der Waals surface area (Å²) in [4.78, 5) is 15.8. The minimum atomic E-state index is -0.228. The Morgan fingerprint density at radius 1 is 1.30 bits per heavy atom. The van der Waals surface area contributed by atoms with Gasteiger partial charge in [-0.15, -0.1) is 0 Å². The lowest BCUT2D eigenvalue weighted by molar-refractivity contribution is -0.118. The maximum Gasteiger partial charge on any atom is 0.262 e. The molecule has 0 aliphatic rings. The van der Waals surface area contributed by atoms with E-state index in [0.29, 0.717) is 5.75 Å². The number of carbonyl (C=O) groups is 1. The van der Waals surface area contributed by atoms with Crippen molar-refractivity contribution in [2.75, 3.05) is 17.7 Å². The highest BCUT2D eigenvalue weighted by Gasteiger charge is 2.07. The van der Waals surface area contributed by atoms with Crippen molar-refractivity contribution in [3.05, 3.63) is 48.2 Å². The molecule has 0 aliphatic heterocycles. The van der Waals surface area contributed by atoms with Crippen molar-refractivity contribution in [1.29, 1.82) is 0 Å². The Morgan fingerprint density at radius 2 is 2.10 bits per heavy atom. The number of rotatable bonds is 5. The molecule has 3 N–H and O–H groups in total. The molecule has 2 rings (SSSR count). The maximum absolute atomic E-state index is 11.9. The maximum atomic E-state index is 11.9. The summed E-state index contributed by atoms with van der Waals surface area (Å²) >= 11 is 0. The highest BCUT2D eigenvalue weighted by molar-refractivity contribution is 5.92. The lowest BCUT2D eigenvalue weighted by Crippen LogP contribution is -2.21. The Balaban J connectivity index is 1.95. The number of hydrogen-bond acceptors (Lipinski definition) is 4. The molecule has 5 heteroatoms. The summed E-state index contributed by atoms with van der Waals surface area (Å²) in [5.41, 5.74) is 7.53. The Bertz CT molecular complexity index is 599. The van der Waals surface area contributed by atoms with Gasteiger partial charge in [0.1, 0.15) is 0 Å². The largest absolute Gasteiger partial charge is 0.480 e. The third-order valence-corrected chi connectivity index (χ3v) is 2.83. The molecule has 0 saturated heterocycles. The molecule has 0 saturated carbocycles. The van der Waals surface area contributed by atoms with Crippen molar-refractivity contribution in [1.82, 2.24) is 4.98 Å². The first-order valence-corrected chi connectivity index (χ1v) is 6.41. The summed E-state index contributed by atoms with van der Waals surface area (Å²) in [7, 11) is 0. The van der Waals surface area contributed by atoms with Crippen molar-refractivity contribution >= 4 is 17.4 Å². The lowest BCUT2D eigenvalue weighted by Gasteiger charge is -2.11. The van der Waals surface area contributed by atoms with Crippen molar-refractivity contribution in [3.8, 4) is 5.75 Å². The monoisotopic (exact) mass is 271 g/mol. The van der Waals surface area contributed by atoms with Crippen LogP contribution in [0, 0.1) is 0 Å². The van der Waals surface area contributed by atoms with Gasteiger partial charge >= 0.3 is 0 Å². The van der Waals surface area contributed by atoms with E-state index in [1.807, 2.05) is 31.2 Å². The van der Waals surface area contributed by atoms with E-state index < -0.39 is 0 Å². The van der Waals surface area contributed by atoms with Gasteiger partial charge in [-0.05, 0) is 30.2 Å². The van der Waals surface area contributed by atoms with Crippen LogP contribution in [-0.2, 0) is 11.2 Å². The van der Waals surface area contributed by atoms with Crippen LogP contribution in [-0.4, -0.2) is 17.5 Å². The van der Waals surface area contributed by atoms with Crippen LogP contribution in [0.1, 0.15) is 12.5 Å². The standard InChI is InChI=1S/C15H17N3O2/c1-2-11-6-3-4-7-12(11)18-14(19)10-20-13-8-5-9-17-15(13)16/h3-9H,2,10H2,1H3,(H2,16,17)(H,18,19). The summed E-state index contributed by atoms with van der Waals surface area (Å²) < 4.78 is 5.34. The number of nitrogen functional groups attached to an aromatic ring is 1. The fourth-order valence-corrected chi connectivity index (χ4v) is 1.80. The molecule has 0 atom stereocenters. The topological polar surface area (TPSA) is 77.2 Å². The first-order valence-electron chi connectivity index (χ1n) is 6.41. The molecule has 1 heterocycles. The normalized spacial score (nSPS) is 10.1. The van der Waals surface area contributed by atoms with Gasteiger partial charge < -0.3 is 15.8 Å². The number of aromatic nitrogens is 1. The van der Waals surface area contributed by atoms with E-state index in [0.717, 1.165) is 17.7 Å². The fourth-order valence-electron chi connectivity index (χ4n) is 1.80. The van der Waals surface area contributed by atoms with E-state index in [4.69, 9.17) is 10.5 Å². The highest BCUT2D eigenvalue weighted by Crippen LogP contribution is 2.18. The fraction of sp³-hybridized carbons (Fsp3) is 0.200.